The molecule has 0 saturated carbocycles. The third-order valence-electron chi connectivity index (χ3n) is 1.85. The van der Waals surface area contributed by atoms with E-state index in [9.17, 15) is 9.59 Å². The van der Waals surface area contributed by atoms with Gasteiger partial charge in [-0.05, 0) is 0 Å². The topological polar surface area (TPSA) is 52.6 Å². The van der Waals surface area contributed by atoms with E-state index in [2.05, 4.69) is 13.2 Å². The van der Waals surface area contributed by atoms with Crippen molar-refractivity contribution in [1.29, 1.82) is 0 Å². The number of rotatable bonds is 4. The summed E-state index contributed by atoms with van der Waals surface area (Å²) >= 11 is 0.359. The standard InChI is InChI=1S/C10H12O4Se/c1-3-9(11)13-7-5-15-6-8(7)14-10(12)4-2/h3-4,7-8H,1-2,5-6H2. The summed E-state index contributed by atoms with van der Waals surface area (Å²) in [4.78, 5) is 21.9. The van der Waals surface area contributed by atoms with E-state index < -0.39 is 11.9 Å². The molecule has 0 bridgehead atoms. The van der Waals surface area contributed by atoms with E-state index in [1.165, 1.54) is 0 Å². The van der Waals surface area contributed by atoms with Crippen molar-refractivity contribution in [3.8, 4) is 0 Å². The van der Waals surface area contributed by atoms with E-state index in [0.717, 1.165) is 22.8 Å². The second-order valence-corrected chi connectivity index (χ2v) is 5.15. The predicted molar refractivity (Wildman–Crippen MR) is 55.5 cm³/mol. The van der Waals surface area contributed by atoms with Crippen LogP contribution in [0.3, 0.4) is 0 Å². The fourth-order valence-corrected chi connectivity index (χ4v) is 3.58. The number of ether oxygens (including phenoxy) is 2. The number of hydrogen-bond acceptors (Lipinski definition) is 4. The van der Waals surface area contributed by atoms with Gasteiger partial charge in [-0.15, -0.1) is 0 Å². The summed E-state index contributed by atoms with van der Waals surface area (Å²) in [6.07, 6.45) is 1.58. The zero-order valence-corrected chi connectivity index (χ0v) is 9.89. The summed E-state index contributed by atoms with van der Waals surface area (Å²) in [6.45, 7) is 6.62. The van der Waals surface area contributed by atoms with Gasteiger partial charge in [0.2, 0.25) is 0 Å². The third kappa shape index (κ3) is 3.53. The molecule has 0 aromatic rings. The summed E-state index contributed by atoms with van der Waals surface area (Å²) in [5.74, 6) is -0.949. The molecule has 1 saturated heterocycles. The van der Waals surface area contributed by atoms with Gasteiger partial charge in [0.25, 0.3) is 0 Å². The Morgan fingerprint density at radius 1 is 1.07 bits per heavy atom. The van der Waals surface area contributed by atoms with Crippen molar-refractivity contribution in [1.82, 2.24) is 0 Å². The van der Waals surface area contributed by atoms with Gasteiger partial charge in [0.1, 0.15) is 0 Å². The van der Waals surface area contributed by atoms with E-state index in [1.807, 2.05) is 0 Å². The van der Waals surface area contributed by atoms with Crippen LogP contribution >= 0.6 is 0 Å². The molecule has 2 atom stereocenters. The molecule has 5 heteroatoms. The number of carbonyl (C=O) groups excluding carboxylic acids is 2. The molecule has 0 radical (unpaired) electrons. The van der Waals surface area contributed by atoms with Crippen molar-refractivity contribution in [2.45, 2.75) is 22.8 Å². The first kappa shape index (κ1) is 12.0. The van der Waals surface area contributed by atoms with Gasteiger partial charge in [0.05, 0.1) is 0 Å². The van der Waals surface area contributed by atoms with E-state index in [0.29, 0.717) is 15.0 Å². The zero-order chi connectivity index (χ0) is 11.3. The predicted octanol–water partition coefficient (Wildman–Crippen LogP) is 0.736. The Kier molecular flexibility index (Phi) is 4.59. The van der Waals surface area contributed by atoms with Crippen LogP contribution in [0.15, 0.2) is 25.3 Å². The summed E-state index contributed by atoms with van der Waals surface area (Å²) in [7, 11) is 0. The molecule has 4 nitrogen and oxygen atoms in total. The maximum absolute atomic E-state index is 11.0. The van der Waals surface area contributed by atoms with Gasteiger partial charge in [-0.1, -0.05) is 0 Å². The Morgan fingerprint density at radius 3 is 1.80 bits per heavy atom. The molecule has 15 heavy (non-hydrogen) atoms. The van der Waals surface area contributed by atoms with Crippen LogP contribution in [0, 0.1) is 0 Å². The van der Waals surface area contributed by atoms with Gasteiger partial charge in [-0.2, -0.15) is 0 Å². The molecule has 1 rings (SSSR count). The molecular weight excluding hydrogens is 263 g/mol. The first-order chi connectivity index (χ1) is 7.17. The molecule has 1 aliphatic heterocycles. The van der Waals surface area contributed by atoms with Crippen LogP contribution in [-0.4, -0.2) is 39.1 Å². The van der Waals surface area contributed by atoms with Crippen LogP contribution in [0.2, 0.25) is 10.6 Å². The van der Waals surface area contributed by atoms with Gasteiger partial charge >= 0.3 is 94.1 Å². The van der Waals surface area contributed by atoms with Crippen molar-refractivity contribution < 1.29 is 19.1 Å². The van der Waals surface area contributed by atoms with Crippen LogP contribution in [0.25, 0.3) is 0 Å². The fourth-order valence-electron chi connectivity index (χ4n) is 1.13. The molecule has 82 valence electrons. The van der Waals surface area contributed by atoms with Gasteiger partial charge in [0.15, 0.2) is 0 Å². The van der Waals surface area contributed by atoms with Crippen molar-refractivity contribution in [2.24, 2.45) is 0 Å². The third-order valence-corrected chi connectivity index (χ3v) is 4.21. The van der Waals surface area contributed by atoms with Crippen LogP contribution in [0.5, 0.6) is 0 Å². The number of esters is 2. The summed E-state index contributed by atoms with van der Waals surface area (Å²) in [5, 5.41) is 1.56. The van der Waals surface area contributed by atoms with Crippen LogP contribution in [0.4, 0.5) is 0 Å². The molecule has 1 heterocycles. The van der Waals surface area contributed by atoms with Gasteiger partial charge in [-0.3, -0.25) is 0 Å². The Balaban J connectivity index is 2.49. The van der Waals surface area contributed by atoms with Crippen molar-refractivity contribution >= 4 is 26.9 Å². The van der Waals surface area contributed by atoms with E-state index in [-0.39, 0.29) is 12.2 Å². The van der Waals surface area contributed by atoms with Crippen molar-refractivity contribution in [3.63, 3.8) is 0 Å². The molecule has 2 unspecified atom stereocenters. The molecule has 0 aliphatic carbocycles. The fraction of sp³-hybridized carbons (Fsp3) is 0.400. The van der Waals surface area contributed by atoms with Crippen LogP contribution < -0.4 is 0 Å². The van der Waals surface area contributed by atoms with E-state index >= 15 is 0 Å². The van der Waals surface area contributed by atoms with Gasteiger partial charge < -0.3 is 0 Å². The Labute approximate surface area is 94.5 Å². The summed E-state index contributed by atoms with van der Waals surface area (Å²) in [5.41, 5.74) is 0. The average molecular weight is 275 g/mol. The first-order valence-corrected chi connectivity index (χ1v) is 6.83. The Morgan fingerprint density at radius 2 is 1.47 bits per heavy atom. The molecule has 1 fully saturated rings. The second kappa shape index (κ2) is 5.73. The minimum atomic E-state index is -0.475. The van der Waals surface area contributed by atoms with Crippen LogP contribution in [0.1, 0.15) is 0 Å². The molecule has 0 aromatic heterocycles. The molecule has 0 N–H and O–H groups in total. The van der Waals surface area contributed by atoms with Crippen LogP contribution in [-0.2, 0) is 19.1 Å². The molecule has 0 aromatic carbocycles. The molecule has 1 aliphatic rings. The van der Waals surface area contributed by atoms with E-state index in [1.54, 1.807) is 0 Å². The van der Waals surface area contributed by atoms with Gasteiger partial charge in [-0.25, -0.2) is 0 Å². The average Bonchev–Trinajstić information content (AvgIpc) is 2.65. The quantitative estimate of drug-likeness (QED) is 0.431. The molecular formula is C10H12O4Se. The SMILES string of the molecule is C=CC(=O)OC1C[Se]CC1OC(=O)C=C. The van der Waals surface area contributed by atoms with E-state index in [4.69, 9.17) is 9.47 Å². The Hall–Kier alpha value is -1.06. The zero-order valence-electron chi connectivity index (χ0n) is 8.18. The maximum atomic E-state index is 11.0. The summed E-state index contributed by atoms with van der Waals surface area (Å²) in [6, 6.07) is 0. The monoisotopic (exact) mass is 276 g/mol. The molecule has 0 spiro atoms. The van der Waals surface area contributed by atoms with Gasteiger partial charge in [0, 0.05) is 0 Å². The van der Waals surface area contributed by atoms with Crippen molar-refractivity contribution in [2.75, 3.05) is 0 Å². The second-order valence-electron chi connectivity index (χ2n) is 2.90. The number of hydrogen-bond donors (Lipinski definition) is 0. The first-order valence-electron chi connectivity index (χ1n) is 4.41. The normalized spacial score (nSPS) is 24.3. The summed E-state index contributed by atoms with van der Waals surface area (Å²) < 4.78 is 10.1. The Bertz CT molecular complexity index is 259. The van der Waals surface area contributed by atoms with Crippen molar-refractivity contribution in [3.05, 3.63) is 25.3 Å². The molecule has 0 amide bonds. The number of carbonyl (C=O) groups is 2. The minimum absolute atomic E-state index is 0.320.